The first-order chi connectivity index (χ1) is 21.1. The van der Waals surface area contributed by atoms with Gasteiger partial charge in [0.05, 0.1) is 11.8 Å². The molecule has 250 valence electrons. The Bertz CT molecular complexity index is 1470. The number of carbonyl (C=O) groups excluding carboxylic acids is 2. The number of hydrogen-bond donors (Lipinski definition) is 0. The second kappa shape index (κ2) is 12.6. The predicted molar refractivity (Wildman–Crippen MR) is 162 cm³/mol. The van der Waals surface area contributed by atoms with Gasteiger partial charge in [0.15, 0.2) is 0 Å². The zero-order valence-corrected chi connectivity index (χ0v) is 27.5. The first kappa shape index (κ1) is 35.9. The van der Waals surface area contributed by atoms with Gasteiger partial charge in [-0.2, -0.15) is 26.3 Å². The summed E-state index contributed by atoms with van der Waals surface area (Å²) < 4.78 is 88.6. The number of allylic oxidation sites excluding steroid dienone is 4. The minimum atomic E-state index is -4.69. The molecular formula is C34H34Cl2F6O4. The number of rotatable bonds is 9. The van der Waals surface area contributed by atoms with Crippen LogP contribution in [-0.4, -0.2) is 24.3 Å². The van der Waals surface area contributed by atoms with Gasteiger partial charge in [-0.3, -0.25) is 9.59 Å². The molecular weight excluding hydrogens is 657 g/mol. The van der Waals surface area contributed by atoms with Gasteiger partial charge in [-0.15, -0.1) is 0 Å². The van der Waals surface area contributed by atoms with Crippen molar-refractivity contribution in [2.24, 2.45) is 34.5 Å². The van der Waals surface area contributed by atoms with Crippen molar-refractivity contribution in [2.75, 3.05) is 0 Å². The Morgan fingerprint density at radius 2 is 1.02 bits per heavy atom. The minimum absolute atomic E-state index is 0.0873. The van der Waals surface area contributed by atoms with Crippen molar-refractivity contribution in [1.82, 2.24) is 0 Å². The van der Waals surface area contributed by atoms with Gasteiger partial charge in [-0.25, -0.2) is 0 Å². The van der Waals surface area contributed by atoms with Crippen molar-refractivity contribution in [3.8, 4) is 11.1 Å². The molecule has 2 fully saturated rings. The van der Waals surface area contributed by atoms with E-state index in [0.717, 1.165) is 34.4 Å². The summed E-state index contributed by atoms with van der Waals surface area (Å²) in [6.07, 6.45) is -7.63. The van der Waals surface area contributed by atoms with Crippen LogP contribution in [0.4, 0.5) is 26.3 Å². The van der Waals surface area contributed by atoms with E-state index in [4.69, 9.17) is 32.7 Å². The Balaban J connectivity index is 1.44. The van der Waals surface area contributed by atoms with Crippen LogP contribution in [0.2, 0.25) is 0 Å². The number of carbonyl (C=O) groups is 2. The summed E-state index contributed by atoms with van der Waals surface area (Å²) in [5.41, 5.74) is 3.23. The molecule has 0 amide bonds. The van der Waals surface area contributed by atoms with Gasteiger partial charge in [-0.05, 0) is 69.9 Å². The van der Waals surface area contributed by atoms with E-state index in [1.54, 1.807) is 52.0 Å². The number of halogens is 8. The fraction of sp³-hybridized carbons (Fsp3) is 0.471. The Labute approximate surface area is 273 Å². The van der Waals surface area contributed by atoms with Crippen LogP contribution in [0.1, 0.15) is 49.9 Å². The molecule has 0 radical (unpaired) electrons. The standard InChI is InChI=1S/C34H34Cl2F6O4/c1-17-19(15-45-29(43)27-23(31(27,3)4)13-25(35)33(37,38)39)9-7-11-21(17)22-12-8-10-20(18(22)2)16-46-30(44)28-24(32(28,5)6)14-26(36)34(40,41)42/h7-14,23-24,27-28H,15-16H2,1-6H3/b25-13-,26-14-. The Hall–Kier alpha value is -2.98. The Kier molecular flexibility index (Phi) is 9.80. The molecule has 2 saturated carbocycles. The van der Waals surface area contributed by atoms with E-state index < -0.39 is 68.9 Å². The molecule has 2 aromatic rings. The molecule has 0 aromatic heterocycles. The summed E-state index contributed by atoms with van der Waals surface area (Å²) >= 11 is 10.8. The SMILES string of the molecule is Cc1c(COC(=O)C2C(/C=C(\Cl)C(F)(F)F)C2(C)C)cccc1-c1cccc(COC(=O)C2C(/C=C(\Cl)C(F)(F)F)C2(C)C)c1C. The van der Waals surface area contributed by atoms with E-state index in [9.17, 15) is 35.9 Å². The molecule has 0 N–H and O–H groups in total. The fourth-order valence-electron chi connectivity index (χ4n) is 6.12. The lowest BCUT2D eigenvalue weighted by Crippen LogP contribution is -2.12. The summed E-state index contributed by atoms with van der Waals surface area (Å²) in [4.78, 5) is 25.7. The summed E-state index contributed by atoms with van der Waals surface area (Å²) in [5, 5.41) is -2.53. The maximum Gasteiger partial charge on any atom is 0.426 e. The van der Waals surface area contributed by atoms with Crippen molar-refractivity contribution in [3.63, 3.8) is 0 Å². The normalized spacial score (nSPS) is 24.0. The molecule has 2 aliphatic rings. The monoisotopic (exact) mass is 690 g/mol. The summed E-state index contributed by atoms with van der Waals surface area (Å²) in [6, 6.07) is 10.9. The molecule has 0 spiro atoms. The molecule has 46 heavy (non-hydrogen) atoms. The third-order valence-electron chi connectivity index (χ3n) is 9.44. The Morgan fingerprint density at radius 1 is 0.696 bits per heavy atom. The second-order valence-electron chi connectivity index (χ2n) is 13.1. The number of alkyl halides is 6. The van der Waals surface area contributed by atoms with Crippen LogP contribution >= 0.6 is 23.2 Å². The molecule has 0 bridgehead atoms. The van der Waals surface area contributed by atoms with Crippen molar-refractivity contribution >= 4 is 35.1 Å². The molecule has 0 aliphatic heterocycles. The largest absolute Gasteiger partial charge is 0.461 e. The second-order valence-corrected chi connectivity index (χ2v) is 13.9. The smallest absolute Gasteiger partial charge is 0.426 e. The van der Waals surface area contributed by atoms with Crippen LogP contribution in [0.5, 0.6) is 0 Å². The summed E-state index contributed by atoms with van der Waals surface area (Å²) in [5.74, 6) is -4.15. The molecule has 2 aliphatic carbocycles. The van der Waals surface area contributed by atoms with E-state index in [0.29, 0.717) is 11.1 Å². The molecule has 0 saturated heterocycles. The molecule has 4 rings (SSSR count). The zero-order chi connectivity index (χ0) is 34.6. The van der Waals surface area contributed by atoms with Crippen LogP contribution in [0.25, 0.3) is 11.1 Å². The predicted octanol–water partition coefficient (Wildman–Crippen LogP) is 9.97. The molecule has 12 heteroatoms. The summed E-state index contributed by atoms with van der Waals surface area (Å²) in [7, 11) is 0. The average molecular weight is 692 g/mol. The number of benzene rings is 2. The van der Waals surface area contributed by atoms with E-state index in [-0.39, 0.29) is 13.2 Å². The highest BCUT2D eigenvalue weighted by molar-refractivity contribution is 6.30. The lowest BCUT2D eigenvalue weighted by Gasteiger charge is -2.16. The first-order valence-electron chi connectivity index (χ1n) is 14.5. The van der Waals surface area contributed by atoms with Crippen LogP contribution in [-0.2, 0) is 32.3 Å². The quantitative estimate of drug-likeness (QED) is 0.194. The highest BCUT2D eigenvalue weighted by atomic mass is 35.5. The van der Waals surface area contributed by atoms with E-state index >= 15 is 0 Å². The van der Waals surface area contributed by atoms with Crippen molar-refractivity contribution in [1.29, 1.82) is 0 Å². The van der Waals surface area contributed by atoms with Crippen LogP contribution in [0.15, 0.2) is 58.6 Å². The molecule has 4 unspecified atom stereocenters. The van der Waals surface area contributed by atoms with Gasteiger partial charge in [0.2, 0.25) is 0 Å². The lowest BCUT2D eigenvalue weighted by molar-refractivity contribution is -0.148. The van der Waals surface area contributed by atoms with Gasteiger partial charge in [-0.1, -0.05) is 99.4 Å². The lowest BCUT2D eigenvalue weighted by atomic mass is 9.92. The van der Waals surface area contributed by atoms with Gasteiger partial charge >= 0.3 is 24.3 Å². The third-order valence-corrected chi connectivity index (χ3v) is 10.1. The van der Waals surface area contributed by atoms with Crippen molar-refractivity contribution in [3.05, 3.63) is 80.9 Å². The van der Waals surface area contributed by atoms with Crippen LogP contribution in [0, 0.1) is 48.3 Å². The molecule has 2 aromatic carbocycles. The van der Waals surface area contributed by atoms with E-state index in [1.807, 2.05) is 26.0 Å². The van der Waals surface area contributed by atoms with Gasteiger partial charge in [0.25, 0.3) is 0 Å². The van der Waals surface area contributed by atoms with Crippen molar-refractivity contribution < 1.29 is 45.4 Å². The first-order valence-corrected chi connectivity index (χ1v) is 15.2. The fourth-order valence-corrected chi connectivity index (χ4v) is 6.39. The van der Waals surface area contributed by atoms with Crippen LogP contribution in [0.3, 0.4) is 0 Å². The summed E-state index contributed by atoms with van der Waals surface area (Å²) in [6.45, 7) is 10.3. The zero-order valence-electron chi connectivity index (χ0n) is 26.0. The third kappa shape index (κ3) is 7.28. The maximum absolute atomic E-state index is 12.9. The van der Waals surface area contributed by atoms with E-state index in [2.05, 4.69) is 0 Å². The van der Waals surface area contributed by atoms with Gasteiger partial charge in [0, 0.05) is 0 Å². The maximum atomic E-state index is 12.9. The minimum Gasteiger partial charge on any atom is -0.461 e. The average Bonchev–Trinajstić information content (AvgIpc) is 3.71. The highest BCUT2D eigenvalue weighted by Gasteiger charge is 2.63. The highest BCUT2D eigenvalue weighted by Crippen LogP contribution is 2.61. The number of hydrogen-bond acceptors (Lipinski definition) is 4. The van der Waals surface area contributed by atoms with Crippen molar-refractivity contribution in [2.45, 2.75) is 67.1 Å². The van der Waals surface area contributed by atoms with Gasteiger partial charge in [0.1, 0.15) is 23.3 Å². The molecule has 0 heterocycles. The molecule has 4 atom stereocenters. The number of esters is 2. The number of ether oxygens (including phenoxy) is 2. The topological polar surface area (TPSA) is 52.6 Å². The Morgan fingerprint density at radius 3 is 1.33 bits per heavy atom. The van der Waals surface area contributed by atoms with Crippen LogP contribution < -0.4 is 0 Å². The van der Waals surface area contributed by atoms with Gasteiger partial charge < -0.3 is 9.47 Å². The molecule has 4 nitrogen and oxygen atoms in total. The van der Waals surface area contributed by atoms with E-state index in [1.165, 1.54) is 0 Å².